The van der Waals surface area contributed by atoms with Gasteiger partial charge in [0.15, 0.2) is 0 Å². The summed E-state index contributed by atoms with van der Waals surface area (Å²) in [6, 6.07) is 0. The first-order valence-electron chi connectivity index (χ1n) is 4.37. The van der Waals surface area contributed by atoms with Gasteiger partial charge in [-0.25, -0.2) is 0 Å². The maximum Gasteiger partial charge on any atom is 0.325 e. The third kappa shape index (κ3) is 7.27. The van der Waals surface area contributed by atoms with E-state index in [9.17, 15) is 14.4 Å². The molecular formula is C9H15NO4. The average molecular weight is 201 g/mol. The van der Waals surface area contributed by atoms with Crippen molar-refractivity contribution in [3.8, 4) is 0 Å². The molecular weight excluding hydrogens is 186 g/mol. The molecule has 0 aromatic rings. The average Bonchev–Trinajstić information content (AvgIpc) is 1.98. The summed E-state index contributed by atoms with van der Waals surface area (Å²) in [6.07, 6.45) is -0.401. The molecule has 0 saturated carbocycles. The van der Waals surface area contributed by atoms with Gasteiger partial charge < -0.3 is 10.1 Å². The molecule has 0 aliphatic carbocycles. The van der Waals surface area contributed by atoms with E-state index in [-0.39, 0.29) is 24.9 Å². The van der Waals surface area contributed by atoms with E-state index in [1.54, 1.807) is 13.8 Å². The Kier molecular flexibility index (Phi) is 5.52. The van der Waals surface area contributed by atoms with Crippen LogP contribution in [0.5, 0.6) is 0 Å². The van der Waals surface area contributed by atoms with Crippen molar-refractivity contribution in [3.63, 3.8) is 0 Å². The van der Waals surface area contributed by atoms with Crippen molar-refractivity contribution in [3.05, 3.63) is 0 Å². The van der Waals surface area contributed by atoms with Crippen molar-refractivity contribution >= 4 is 17.7 Å². The highest BCUT2D eigenvalue weighted by molar-refractivity contribution is 5.97. The van der Waals surface area contributed by atoms with Crippen LogP contribution in [0, 0.1) is 0 Å². The quantitative estimate of drug-likeness (QED) is 0.503. The Morgan fingerprint density at radius 1 is 1.29 bits per heavy atom. The number of esters is 1. The van der Waals surface area contributed by atoms with Crippen LogP contribution < -0.4 is 5.32 Å². The van der Waals surface area contributed by atoms with Gasteiger partial charge in [0.05, 0.1) is 12.5 Å². The lowest BCUT2D eigenvalue weighted by atomic mass is 10.3. The number of ketones is 1. The van der Waals surface area contributed by atoms with Crippen LogP contribution in [0.25, 0.3) is 0 Å². The maximum absolute atomic E-state index is 10.9. The molecule has 80 valence electrons. The van der Waals surface area contributed by atoms with Crippen LogP contribution in [0.2, 0.25) is 0 Å². The minimum absolute atomic E-state index is 0.190. The standard InChI is InChI=1S/C9H15NO4/c1-6(2)14-9(13)5-10-8(12)4-7(3)11/h6H,4-5H2,1-3H3,(H,10,12). The predicted molar refractivity (Wildman–Crippen MR) is 49.5 cm³/mol. The first kappa shape index (κ1) is 12.6. The summed E-state index contributed by atoms with van der Waals surface area (Å²) in [5.41, 5.74) is 0. The molecule has 0 saturated heterocycles. The molecule has 5 heteroatoms. The van der Waals surface area contributed by atoms with Crippen molar-refractivity contribution in [1.82, 2.24) is 5.32 Å². The van der Waals surface area contributed by atoms with E-state index in [1.165, 1.54) is 6.92 Å². The second-order valence-corrected chi connectivity index (χ2v) is 3.19. The van der Waals surface area contributed by atoms with E-state index in [4.69, 9.17) is 4.74 Å². The molecule has 0 aliphatic rings. The topological polar surface area (TPSA) is 72.5 Å². The maximum atomic E-state index is 10.9. The largest absolute Gasteiger partial charge is 0.462 e. The number of hydrogen-bond acceptors (Lipinski definition) is 4. The molecule has 0 heterocycles. The van der Waals surface area contributed by atoms with Gasteiger partial charge in [-0.3, -0.25) is 14.4 Å². The first-order chi connectivity index (χ1) is 6.41. The van der Waals surface area contributed by atoms with E-state index in [2.05, 4.69) is 5.32 Å². The summed E-state index contributed by atoms with van der Waals surface area (Å²) in [4.78, 5) is 32.3. The summed E-state index contributed by atoms with van der Waals surface area (Å²) < 4.78 is 4.77. The molecule has 0 radical (unpaired) electrons. The van der Waals surface area contributed by atoms with Gasteiger partial charge in [0.25, 0.3) is 0 Å². The molecule has 0 aromatic carbocycles. The fraction of sp³-hybridized carbons (Fsp3) is 0.667. The highest BCUT2D eigenvalue weighted by Crippen LogP contribution is 1.88. The van der Waals surface area contributed by atoms with Gasteiger partial charge in [-0.1, -0.05) is 0 Å². The fourth-order valence-electron chi connectivity index (χ4n) is 0.764. The Morgan fingerprint density at radius 2 is 1.86 bits per heavy atom. The van der Waals surface area contributed by atoms with E-state index in [0.29, 0.717) is 0 Å². The number of nitrogens with one attached hydrogen (secondary N) is 1. The number of amides is 1. The molecule has 0 spiro atoms. The SMILES string of the molecule is CC(=O)CC(=O)NCC(=O)OC(C)C. The molecule has 14 heavy (non-hydrogen) atoms. The number of carbonyl (C=O) groups excluding carboxylic acids is 3. The normalized spacial score (nSPS) is 9.71. The van der Waals surface area contributed by atoms with Gasteiger partial charge in [-0.05, 0) is 20.8 Å². The van der Waals surface area contributed by atoms with Gasteiger partial charge in [0, 0.05) is 0 Å². The Balaban J connectivity index is 3.67. The summed E-state index contributed by atoms with van der Waals surface area (Å²) in [6.45, 7) is 4.56. The number of Topliss-reactive ketones (excluding diaryl/α,β-unsaturated/α-hetero) is 1. The van der Waals surface area contributed by atoms with Gasteiger partial charge in [-0.15, -0.1) is 0 Å². The second kappa shape index (κ2) is 6.12. The Labute approximate surface area is 82.8 Å². The molecule has 0 aliphatic heterocycles. The molecule has 5 nitrogen and oxygen atoms in total. The highest BCUT2D eigenvalue weighted by atomic mass is 16.5. The van der Waals surface area contributed by atoms with Gasteiger partial charge in [0.2, 0.25) is 5.91 Å². The van der Waals surface area contributed by atoms with Crippen molar-refractivity contribution < 1.29 is 19.1 Å². The summed E-state index contributed by atoms with van der Waals surface area (Å²) >= 11 is 0. The van der Waals surface area contributed by atoms with Crippen LogP contribution >= 0.6 is 0 Å². The lowest BCUT2D eigenvalue weighted by Crippen LogP contribution is -2.32. The molecule has 1 N–H and O–H groups in total. The monoisotopic (exact) mass is 201 g/mol. The Bertz CT molecular complexity index is 235. The third-order valence-corrected chi connectivity index (χ3v) is 1.21. The van der Waals surface area contributed by atoms with E-state index in [0.717, 1.165) is 0 Å². The Morgan fingerprint density at radius 3 is 2.29 bits per heavy atom. The predicted octanol–water partition coefficient (Wildman–Crippen LogP) is 0.0333. The minimum atomic E-state index is -0.503. The van der Waals surface area contributed by atoms with Crippen LogP contribution in [0.15, 0.2) is 0 Å². The lowest BCUT2D eigenvalue weighted by molar-refractivity contribution is -0.147. The lowest BCUT2D eigenvalue weighted by Gasteiger charge is -2.08. The zero-order valence-electron chi connectivity index (χ0n) is 8.62. The molecule has 0 unspecified atom stereocenters. The van der Waals surface area contributed by atoms with Crippen LogP contribution in [0.3, 0.4) is 0 Å². The van der Waals surface area contributed by atoms with E-state index in [1.807, 2.05) is 0 Å². The summed E-state index contributed by atoms with van der Waals surface area (Å²) in [7, 11) is 0. The summed E-state index contributed by atoms with van der Waals surface area (Å²) in [5.74, 6) is -1.20. The van der Waals surface area contributed by atoms with E-state index >= 15 is 0 Å². The van der Waals surface area contributed by atoms with Crippen molar-refractivity contribution in [2.75, 3.05) is 6.54 Å². The summed E-state index contributed by atoms with van der Waals surface area (Å²) in [5, 5.41) is 2.28. The van der Waals surface area contributed by atoms with Gasteiger partial charge >= 0.3 is 5.97 Å². The number of hydrogen-bond donors (Lipinski definition) is 1. The molecule has 0 aromatic heterocycles. The first-order valence-corrected chi connectivity index (χ1v) is 4.37. The third-order valence-electron chi connectivity index (χ3n) is 1.21. The van der Waals surface area contributed by atoms with Crippen molar-refractivity contribution in [2.24, 2.45) is 0 Å². The second-order valence-electron chi connectivity index (χ2n) is 3.19. The van der Waals surface area contributed by atoms with E-state index < -0.39 is 11.9 Å². The van der Waals surface area contributed by atoms with Gasteiger partial charge in [0.1, 0.15) is 12.3 Å². The molecule has 1 amide bonds. The molecule has 0 bridgehead atoms. The molecule has 0 rings (SSSR count). The van der Waals surface area contributed by atoms with Crippen LogP contribution in [0.4, 0.5) is 0 Å². The minimum Gasteiger partial charge on any atom is -0.462 e. The number of rotatable bonds is 5. The van der Waals surface area contributed by atoms with Crippen LogP contribution in [-0.2, 0) is 19.1 Å². The van der Waals surface area contributed by atoms with Crippen molar-refractivity contribution in [1.29, 1.82) is 0 Å². The number of ether oxygens (including phenoxy) is 1. The fourth-order valence-corrected chi connectivity index (χ4v) is 0.764. The zero-order chi connectivity index (χ0) is 11.1. The van der Waals surface area contributed by atoms with Crippen molar-refractivity contribution in [2.45, 2.75) is 33.3 Å². The van der Waals surface area contributed by atoms with Crippen LogP contribution in [0.1, 0.15) is 27.2 Å². The zero-order valence-corrected chi connectivity index (χ0v) is 8.62. The highest BCUT2D eigenvalue weighted by Gasteiger charge is 2.09. The van der Waals surface area contributed by atoms with Crippen LogP contribution in [-0.4, -0.2) is 30.3 Å². The molecule has 0 fully saturated rings. The molecule has 0 atom stereocenters. The Hall–Kier alpha value is -1.39. The van der Waals surface area contributed by atoms with Gasteiger partial charge in [-0.2, -0.15) is 0 Å². The number of carbonyl (C=O) groups is 3. The smallest absolute Gasteiger partial charge is 0.325 e.